The first-order valence-electron chi connectivity index (χ1n) is 8.68. The Balaban J connectivity index is 1.86. The summed E-state index contributed by atoms with van der Waals surface area (Å²) in [6.07, 6.45) is -1.23. The first-order chi connectivity index (χ1) is 14.0. The highest BCUT2D eigenvalue weighted by Crippen LogP contribution is 2.29. The first-order valence-corrected chi connectivity index (χ1v) is 9.05. The van der Waals surface area contributed by atoms with E-state index in [4.69, 9.17) is 21.1 Å². The van der Waals surface area contributed by atoms with E-state index in [9.17, 15) is 14.7 Å². The van der Waals surface area contributed by atoms with Crippen molar-refractivity contribution in [3.63, 3.8) is 0 Å². The molecular formula is C22H18ClNO5. The number of methoxy groups -OCH3 is 1. The number of esters is 1. The second-order valence-electron chi connectivity index (χ2n) is 6.05. The molecule has 0 aromatic heterocycles. The number of anilines is 1. The zero-order valence-electron chi connectivity index (χ0n) is 15.5. The van der Waals surface area contributed by atoms with Crippen LogP contribution >= 0.6 is 11.6 Å². The van der Waals surface area contributed by atoms with Gasteiger partial charge in [-0.1, -0.05) is 54.1 Å². The second-order valence-corrected chi connectivity index (χ2v) is 6.46. The average Bonchev–Trinajstić information content (AvgIpc) is 2.73. The monoisotopic (exact) mass is 411 g/mol. The van der Waals surface area contributed by atoms with Crippen LogP contribution < -0.4 is 10.1 Å². The summed E-state index contributed by atoms with van der Waals surface area (Å²) in [5.74, 6) is -1.15. The van der Waals surface area contributed by atoms with Crippen molar-refractivity contribution in [2.45, 2.75) is 6.10 Å². The highest BCUT2D eigenvalue weighted by Gasteiger charge is 2.27. The van der Waals surface area contributed by atoms with Gasteiger partial charge in [0, 0.05) is 11.3 Å². The van der Waals surface area contributed by atoms with Gasteiger partial charge in [-0.05, 0) is 30.3 Å². The molecule has 0 aliphatic carbocycles. The molecular weight excluding hydrogens is 394 g/mol. The zero-order valence-corrected chi connectivity index (χ0v) is 16.2. The van der Waals surface area contributed by atoms with Crippen molar-refractivity contribution in [2.75, 3.05) is 12.4 Å². The van der Waals surface area contributed by atoms with Crippen LogP contribution in [0.3, 0.4) is 0 Å². The number of benzene rings is 3. The van der Waals surface area contributed by atoms with Gasteiger partial charge in [-0.3, -0.25) is 4.79 Å². The quantitative estimate of drug-likeness (QED) is 0.579. The molecule has 1 atom stereocenters. The summed E-state index contributed by atoms with van der Waals surface area (Å²) < 4.78 is 10.5. The molecule has 6 nitrogen and oxygen atoms in total. The van der Waals surface area contributed by atoms with Gasteiger partial charge in [-0.2, -0.15) is 0 Å². The van der Waals surface area contributed by atoms with Crippen molar-refractivity contribution < 1.29 is 24.2 Å². The predicted octanol–water partition coefficient (Wildman–Crippen LogP) is 4.59. The lowest BCUT2D eigenvalue weighted by Gasteiger charge is -2.18. The maximum Gasteiger partial charge on any atom is 0.343 e. The van der Waals surface area contributed by atoms with Gasteiger partial charge in [-0.15, -0.1) is 0 Å². The standard InChI is InChI=1S/C22H18ClNO5/c1-28-19-12-11-15(13-17(19)23)24-21(26)20(14-7-3-2-4-8-14)29-22(27)16-9-5-6-10-18(16)25/h2-13,20,25H,1H3,(H,24,26)/t20-/m1/s1. The lowest BCUT2D eigenvalue weighted by atomic mass is 10.1. The van der Waals surface area contributed by atoms with E-state index in [2.05, 4.69) is 5.32 Å². The van der Waals surface area contributed by atoms with E-state index in [0.717, 1.165) is 0 Å². The molecule has 148 valence electrons. The van der Waals surface area contributed by atoms with Crippen LogP contribution in [0.5, 0.6) is 11.5 Å². The Morgan fingerprint density at radius 1 is 1.00 bits per heavy atom. The fraction of sp³-hybridized carbons (Fsp3) is 0.0909. The Labute approximate surface area is 172 Å². The van der Waals surface area contributed by atoms with Gasteiger partial charge in [0.15, 0.2) is 0 Å². The van der Waals surface area contributed by atoms with E-state index >= 15 is 0 Å². The highest BCUT2D eigenvalue weighted by atomic mass is 35.5. The summed E-state index contributed by atoms with van der Waals surface area (Å²) in [5, 5.41) is 12.9. The van der Waals surface area contributed by atoms with E-state index in [-0.39, 0.29) is 11.3 Å². The number of halogens is 1. The van der Waals surface area contributed by atoms with Gasteiger partial charge < -0.3 is 19.9 Å². The number of ether oxygens (including phenoxy) is 2. The van der Waals surface area contributed by atoms with E-state index in [0.29, 0.717) is 22.0 Å². The molecule has 0 heterocycles. The van der Waals surface area contributed by atoms with Crippen LogP contribution in [0.4, 0.5) is 5.69 Å². The first kappa shape index (κ1) is 20.2. The van der Waals surface area contributed by atoms with Crippen molar-refractivity contribution in [1.82, 2.24) is 0 Å². The van der Waals surface area contributed by atoms with E-state index < -0.39 is 18.0 Å². The van der Waals surface area contributed by atoms with Gasteiger partial charge in [0.05, 0.1) is 12.1 Å². The average molecular weight is 412 g/mol. The smallest absolute Gasteiger partial charge is 0.343 e. The number of phenolic OH excluding ortho intramolecular Hbond substituents is 1. The molecule has 1 amide bonds. The molecule has 29 heavy (non-hydrogen) atoms. The lowest BCUT2D eigenvalue weighted by Crippen LogP contribution is -2.26. The number of hydrogen-bond donors (Lipinski definition) is 2. The van der Waals surface area contributed by atoms with Gasteiger partial charge in [-0.25, -0.2) is 4.79 Å². The molecule has 7 heteroatoms. The second kappa shape index (κ2) is 9.12. The molecule has 3 rings (SSSR count). The Morgan fingerprint density at radius 2 is 1.69 bits per heavy atom. The highest BCUT2D eigenvalue weighted by molar-refractivity contribution is 6.32. The van der Waals surface area contributed by atoms with Gasteiger partial charge in [0.2, 0.25) is 6.10 Å². The van der Waals surface area contributed by atoms with Crippen molar-refractivity contribution in [3.05, 3.63) is 88.9 Å². The third kappa shape index (κ3) is 4.86. The molecule has 0 radical (unpaired) electrons. The molecule has 0 spiro atoms. The molecule has 0 aliphatic rings. The molecule has 0 fully saturated rings. The van der Waals surface area contributed by atoms with Crippen LogP contribution in [0, 0.1) is 0 Å². The molecule has 0 aliphatic heterocycles. The van der Waals surface area contributed by atoms with Crippen molar-refractivity contribution >= 4 is 29.2 Å². The van der Waals surface area contributed by atoms with Crippen LogP contribution in [0.25, 0.3) is 0 Å². The molecule has 0 unspecified atom stereocenters. The molecule has 0 saturated carbocycles. The van der Waals surface area contributed by atoms with Crippen LogP contribution in [0.2, 0.25) is 5.02 Å². The third-order valence-corrected chi connectivity index (χ3v) is 4.40. The number of phenols is 1. The van der Waals surface area contributed by atoms with E-state index in [1.165, 1.54) is 25.3 Å². The van der Waals surface area contributed by atoms with E-state index in [1.54, 1.807) is 54.6 Å². The van der Waals surface area contributed by atoms with Gasteiger partial charge in [0.25, 0.3) is 5.91 Å². The lowest BCUT2D eigenvalue weighted by molar-refractivity contribution is -0.125. The van der Waals surface area contributed by atoms with Gasteiger partial charge in [0.1, 0.15) is 17.1 Å². The fourth-order valence-corrected chi connectivity index (χ4v) is 2.93. The minimum absolute atomic E-state index is 0.0336. The predicted molar refractivity (Wildman–Crippen MR) is 109 cm³/mol. The summed E-state index contributed by atoms with van der Waals surface area (Å²) in [6, 6.07) is 19.3. The Hall–Kier alpha value is -3.51. The Morgan fingerprint density at radius 3 is 2.34 bits per heavy atom. The van der Waals surface area contributed by atoms with Gasteiger partial charge >= 0.3 is 5.97 Å². The number of carbonyl (C=O) groups excluding carboxylic acids is 2. The number of amides is 1. The number of para-hydroxylation sites is 1. The van der Waals surface area contributed by atoms with Crippen LogP contribution in [-0.2, 0) is 9.53 Å². The number of aromatic hydroxyl groups is 1. The summed E-state index contributed by atoms with van der Waals surface area (Å²) in [4.78, 5) is 25.4. The summed E-state index contributed by atoms with van der Waals surface area (Å²) in [5.41, 5.74) is 0.863. The van der Waals surface area contributed by atoms with Crippen LogP contribution in [-0.4, -0.2) is 24.1 Å². The number of hydrogen-bond acceptors (Lipinski definition) is 5. The SMILES string of the molecule is COc1ccc(NC(=O)[C@H](OC(=O)c2ccccc2O)c2ccccc2)cc1Cl. The summed E-state index contributed by atoms with van der Waals surface area (Å²) >= 11 is 6.10. The van der Waals surface area contributed by atoms with Crippen LogP contribution in [0.1, 0.15) is 22.0 Å². The zero-order chi connectivity index (χ0) is 20.8. The molecule has 0 saturated heterocycles. The van der Waals surface area contributed by atoms with Crippen LogP contribution in [0.15, 0.2) is 72.8 Å². The summed E-state index contributed by atoms with van der Waals surface area (Å²) in [7, 11) is 1.49. The molecule has 3 aromatic carbocycles. The largest absolute Gasteiger partial charge is 0.507 e. The number of carbonyl (C=O) groups is 2. The van der Waals surface area contributed by atoms with Crippen molar-refractivity contribution in [1.29, 1.82) is 0 Å². The summed E-state index contributed by atoms with van der Waals surface area (Å²) in [6.45, 7) is 0. The number of rotatable bonds is 6. The maximum atomic E-state index is 12.9. The minimum atomic E-state index is -1.23. The third-order valence-electron chi connectivity index (χ3n) is 4.11. The molecule has 3 aromatic rings. The maximum absolute atomic E-state index is 12.9. The Kier molecular flexibility index (Phi) is 6.36. The number of nitrogens with one attached hydrogen (secondary N) is 1. The normalized spacial score (nSPS) is 11.4. The fourth-order valence-electron chi connectivity index (χ4n) is 2.67. The molecule has 2 N–H and O–H groups in total. The minimum Gasteiger partial charge on any atom is -0.507 e. The topological polar surface area (TPSA) is 84.9 Å². The molecule has 0 bridgehead atoms. The van der Waals surface area contributed by atoms with E-state index in [1.807, 2.05) is 0 Å². The Bertz CT molecular complexity index is 1020. The van der Waals surface area contributed by atoms with Crippen molar-refractivity contribution in [3.8, 4) is 11.5 Å². The van der Waals surface area contributed by atoms with Crippen molar-refractivity contribution in [2.24, 2.45) is 0 Å².